The Morgan fingerprint density at radius 1 is 1.08 bits per heavy atom. The molecule has 1 N–H and O–H groups in total. The molecule has 1 atom stereocenters. The molecular weight excluding hydrogens is 346 g/mol. The number of nitrogens with zero attached hydrogens (tertiary/aromatic N) is 2. The van der Waals surface area contributed by atoms with Gasteiger partial charge in [-0.25, -0.2) is 0 Å². The summed E-state index contributed by atoms with van der Waals surface area (Å²) < 4.78 is 0. The molecule has 0 bridgehead atoms. The number of hydrogen-bond donors (Lipinski definition) is 1. The monoisotopic (exact) mass is 371 g/mol. The maximum Gasteiger partial charge on any atom is 0.264 e. The van der Waals surface area contributed by atoms with Crippen LogP contribution in [-0.2, 0) is 11.3 Å². The van der Waals surface area contributed by atoms with E-state index in [2.05, 4.69) is 10.2 Å². The smallest absolute Gasteiger partial charge is 0.264 e. The van der Waals surface area contributed by atoms with Crippen molar-refractivity contribution in [2.45, 2.75) is 26.4 Å². The average molecular weight is 372 g/mol. The van der Waals surface area contributed by atoms with Gasteiger partial charge in [-0.3, -0.25) is 14.5 Å². The van der Waals surface area contributed by atoms with Crippen LogP contribution in [0, 0.1) is 6.92 Å². The third-order valence-electron chi connectivity index (χ3n) is 4.79. The Hall–Kier alpha value is -2.18. The Bertz CT molecular complexity index is 751. The minimum absolute atomic E-state index is 0.0301. The summed E-state index contributed by atoms with van der Waals surface area (Å²) in [5, 5.41) is 3.00. The van der Waals surface area contributed by atoms with Gasteiger partial charge in [0.05, 0.1) is 10.9 Å². The Balaban J connectivity index is 1.47. The van der Waals surface area contributed by atoms with E-state index in [4.69, 9.17) is 0 Å². The lowest BCUT2D eigenvalue weighted by atomic mass is 10.2. The molecule has 1 unspecified atom stereocenters. The van der Waals surface area contributed by atoms with E-state index in [1.54, 1.807) is 0 Å². The van der Waals surface area contributed by atoms with Crippen LogP contribution in [0.25, 0.3) is 0 Å². The summed E-state index contributed by atoms with van der Waals surface area (Å²) in [6, 6.07) is 13.6. The molecule has 2 heterocycles. The second kappa shape index (κ2) is 8.47. The number of aryl methyl sites for hydroxylation is 1. The third kappa shape index (κ3) is 4.51. The van der Waals surface area contributed by atoms with Crippen LogP contribution in [0.3, 0.4) is 0 Å². The standard InChI is InChI=1S/C20H25N3O2S/c1-15-8-9-18(26-15)20(25)23-12-10-22(11-13-23)16(2)19(24)21-14-17-6-4-3-5-7-17/h3-9,16H,10-14H2,1-2H3,(H,21,24). The first-order valence-electron chi connectivity index (χ1n) is 8.96. The van der Waals surface area contributed by atoms with Gasteiger partial charge in [0.25, 0.3) is 5.91 Å². The molecule has 1 aliphatic heterocycles. The number of carbonyl (C=O) groups excluding carboxylic acids is 2. The van der Waals surface area contributed by atoms with Gasteiger partial charge in [0.15, 0.2) is 0 Å². The fraction of sp³-hybridized carbons (Fsp3) is 0.400. The molecule has 1 fully saturated rings. The van der Waals surface area contributed by atoms with E-state index in [0.29, 0.717) is 19.6 Å². The molecule has 0 radical (unpaired) electrons. The Morgan fingerprint density at radius 2 is 1.77 bits per heavy atom. The molecule has 1 aromatic carbocycles. The van der Waals surface area contributed by atoms with Crippen molar-refractivity contribution in [2.75, 3.05) is 26.2 Å². The molecule has 0 aliphatic carbocycles. The molecule has 26 heavy (non-hydrogen) atoms. The van der Waals surface area contributed by atoms with Crippen LogP contribution in [-0.4, -0.2) is 53.8 Å². The summed E-state index contributed by atoms with van der Waals surface area (Å²) in [7, 11) is 0. The Labute approximate surface area is 158 Å². The van der Waals surface area contributed by atoms with E-state index in [0.717, 1.165) is 28.4 Å². The highest BCUT2D eigenvalue weighted by Crippen LogP contribution is 2.18. The van der Waals surface area contributed by atoms with Crippen molar-refractivity contribution in [2.24, 2.45) is 0 Å². The van der Waals surface area contributed by atoms with Crippen LogP contribution < -0.4 is 5.32 Å². The zero-order valence-corrected chi connectivity index (χ0v) is 16.1. The predicted molar refractivity (Wildman–Crippen MR) is 104 cm³/mol. The lowest BCUT2D eigenvalue weighted by molar-refractivity contribution is -0.126. The predicted octanol–water partition coefficient (Wildman–Crippen LogP) is 2.52. The van der Waals surface area contributed by atoms with Crippen molar-refractivity contribution in [1.29, 1.82) is 0 Å². The van der Waals surface area contributed by atoms with Crippen LogP contribution in [0.4, 0.5) is 0 Å². The Kier molecular flexibility index (Phi) is 6.06. The number of thiophene rings is 1. The number of hydrogen-bond acceptors (Lipinski definition) is 4. The van der Waals surface area contributed by atoms with E-state index in [-0.39, 0.29) is 17.9 Å². The summed E-state index contributed by atoms with van der Waals surface area (Å²) in [5.41, 5.74) is 1.09. The highest BCUT2D eigenvalue weighted by Gasteiger charge is 2.28. The molecule has 1 aliphatic rings. The van der Waals surface area contributed by atoms with Crippen LogP contribution >= 0.6 is 11.3 Å². The highest BCUT2D eigenvalue weighted by atomic mass is 32.1. The second-order valence-electron chi connectivity index (χ2n) is 6.62. The highest BCUT2D eigenvalue weighted by molar-refractivity contribution is 7.13. The first kappa shape index (κ1) is 18.6. The molecule has 138 valence electrons. The number of rotatable bonds is 5. The van der Waals surface area contributed by atoms with Crippen molar-refractivity contribution >= 4 is 23.2 Å². The van der Waals surface area contributed by atoms with Gasteiger partial charge >= 0.3 is 0 Å². The lowest BCUT2D eigenvalue weighted by Crippen LogP contribution is -2.54. The molecule has 1 saturated heterocycles. The van der Waals surface area contributed by atoms with Gasteiger partial charge < -0.3 is 10.2 Å². The molecule has 6 heteroatoms. The van der Waals surface area contributed by atoms with Gasteiger partial charge in [0, 0.05) is 37.6 Å². The van der Waals surface area contributed by atoms with E-state index in [1.807, 2.05) is 61.2 Å². The van der Waals surface area contributed by atoms with Crippen molar-refractivity contribution in [1.82, 2.24) is 15.1 Å². The van der Waals surface area contributed by atoms with Crippen molar-refractivity contribution in [3.8, 4) is 0 Å². The van der Waals surface area contributed by atoms with Gasteiger partial charge in [-0.1, -0.05) is 30.3 Å². The molecule has 0 spiro atoms. The van der Waals surface area contributed by atoms with Crippen LogP contribution in [0.1, 0.15) is 27.0 Å². The maximum atomic E-state index is 12.5. The Morgan fingerprint density at radius 3 is 2.38 bits per heavy atom. The minimum atomic E-state index is -0.194. The molecule has 0 saturated carbocycles. The van der Waals surface area contributed by atoms with Crippen molar-refractivity contribution in [3.63, 3.8) is 0 Å². The number of piperazine rings is 1. The minimum Gasteiger partial charge on any atom is -0.351 e. The van der Waals surface area contributed by atoms with Crippen LogP contribution in [0.5, 0.6) is 0 Å². The number of carbonyl (C=O) groups is 2. The average Bonchev–Trinajstić information content (AvgIpc) is 3.12. The quantitative estimate of drug-likeness (QED) is 0.879. The lowest BCUT2D eigenvalue weighted by Gasteiger charge is -2.37. The molecule has 5 nitrogen and oxygen atoms in total. The van der Waals surface area contributed by atoms with E-state index >= 15 is 0 Å². The van der Waals surface area contributed by atoms with Crippen LogP contribution in [0.15, 0.2) is 42.5 Å². The van der Waals surface area contributed by atoms with Gasteiger partial charge in [-0.15, -0.1) is 11.3 Å². The van der Waals surface area contributed by atoms with Gasteiger partial charge in [-0.05, 0) is 31.5 Å². The normalized spacial score (nSPS) is 16.3. The van der Waals surface area contributed by atoms with Crippen molar-refractivity contribution in [3.05, 3.63) is 57.8 Å². The van der Waals surface area contributed by atoms with Gasteiger partial charge in [0.2, 0.25) is 5.91 Å². The van der Waals surface area contributed by atoms with Gasteiger partial charge in [0.1, 0.15) is 0 Å². The molecule has 3 rings (SSSR count). The van der Waals surface area contributed by atoms with Crippen LogP contribution in [0.2, 0.25) is 0 Å². The molecule has 2 amide bonds. The number of amides is 2. The third-order valence-corrected chi connectivity index (χ3v) is 5.78. The maximum absolute atomic E-state index is 12.5. The summed E-state index contributed by atoms with van der Waals surface area (Å²) >= 11 is 1.54. The fourth-order valence-electron chi connectivity index (χ4n) is 3.12. The summed E-state index contributed by atoms with van der Waals surface area (Å²) in [4.78, 5) is 30.9. The van der Waals surface area contributed by atoms with E-state index < -0.39 is 0 Å². The molecular formula is C20H25N3O2S. The van der Waals surface area contributed by atoms with Gasteiger partial charge in [-0.2, -0.15) is 0 Å². The zero-order valence-electron chi connectivity index (χ0n) is 15.3. The first-order chi connectivity index (χ1) is 12.5. The summed E-state index contributed by atoms with van der Waals surface area (Å²) in [6.45, 7) is 7.24. The fourth-order valence-corrected chi connectivity index (χ4v) is 3.95. The summed E-state index contributed by atoms with van der Waals surface area (Å²) in [5.74, 6) is 0.131. The zero-order chi connectivity index (χ0) is 18.5. The first-order valence-corrected chi connectivity index (χ1v) is 9.77. The van der Waals surface area contributed by atoms with Crippen molar-refractivity contribution < 1.29 is 9.59 Å². The second-order valence-corrected chi connectivity index (χ2v) is 7.91. The van der Waals surface area contributed by atoms with E-state index in [9.17, 15) is 9.59 Å². The molecule has 1 aromatic heterocycles. The molecule has 2 aromatic rings. The SMILES string of the molecule is Cc1ccc(C(=O)N2CCN(C(C)C(=O)NCc3ccccc3)CC2)s1. The topological polar surface area (TPSA) is 52.7 Å². The number of benzene rings is 1. The largest absolute Gasteiger partial charge is 0.351 e. The number of nitrogens with one attached hydrogen (secondary N) is 1. The summed E-state index contributed by atoms with van der Waals surface area (Å²) in [6.07, 6.45) is 0. The van der Waals surface area contributed by atoms with E-state index in [1.165, 1.54) is 11.3 Å².